The predicted molar refractivity (Wildman–Crippen MR) is 201 cm³/mol. The molecule has 6 atom stereocenters. The zero-order chi connectivity index (χ0) is 38.3. The van der Waals surface area contributed by atoms with E-state index in [-0.39, 0.29) is 18.4 Å². The molecule has 1 aliphatic heterocycles. The predicted octanol–water partition coefficient (Wildman–Crippen LogP) is 4.99. The van der Waals surface area contributed by atoms with Crippen molar-refractivity contribution >= 4 is 38.7 Å². The number of likely N-dealkylation sites (tertiary alicyclic amines) is 1. The summed E-state index contributed by atoms with van der Waals surface area (Å²) < 4.78 is 46.2. The summed E-state index contributed by atoms with van der Waals surface area (Å²) in [4.78, 5) is 48.1. The normalized spacial score (nSPS) is 26.6. The lowest BCUT2D eigenvalue weighted by atomic mass is 9.85. The molecule has 0 radical (unpaired) electrons. The highest BCUT2D eigenvalue weighted by Gasteiger charge is 2.61. The van der Waals surface area contributed by atoms with Gasteiger partial charge in [0.2, 0.25) is 21.8 Å². The number of fused-ring (bicyclic) bond motifs is 1. The van der Waals surface area contributed by atoms with Crippen LogP contribution in [0.5, 0.6) is 11.6 Å². The van der Waals surface area contributed by atoms with Crippen molar-refractivity contribution in [2.24, 2.45) is 11.3 Å². The number of ether oxygens (including phenoxy) is 3. The smallest absolute Gasteiger partial charge is 0.408 e. The third kappa shape index (κ3) is 8.13. The van der Waals surface area contributed by atoms with Gasteiger partial charge in [-0.1, -0.05) is 33.3 Å². The number of aromatic nitrogens is 1. The quantitative estimate of drug-likeness (QED) is 0.238. The molecule has 1 aromatic heterocycles. The Bertz CT molecular complexity index is 1840. The van der Waals surface area contributed by atoms with Crippen molar-refractivity contribution in [1.82, 2.24) is 25.2 Å². The molecule has 0 bridgehead atoms. The van der Waals surface area contributed by atoms with Gasteiger partial charge in [-0.2, -0.15) is 0 Å². The van der Waals surface area contributed by atoms with E-state index in [1.54, 1.807) is 24.3 Å². The summed E-state index contributed by atoms with van der Waals surface area (Å²) in [5, 5.41) is 7.45. The minimum Gasteiger partial charge on any atom is -0.497 e. The second-order valence-corrected chi connectivity index (χ2v) is 18.7. The maximum Gasteiger partial charge on any atom is 0.408 e. The molecule has 2 unspecified atom stereocenters. The van der Waals surface area contributed by atoms with Crippen LogP contribution in [0.25, 0.3) is 10.8 Å². The molecule has 6 rings (SSSR count). The second-order valence-electron chi connectivity index (χ2n) is 16.7. The Hall–Kier alpha value is -3.91. The Morgan fingerprint density at radius 3 is 2.43 bits per heavy atom. The summed E-state index contributed by atoms with van der Waals surface area (Å²) in [6, 6.07) is 5.55. The summed E-state index contributed by atoms with van der Waals surface area (Å²) in [5.41, 5.74) is -2.47. The first-order chi connectivity index (χ1) is 25.0. The standard InChI is InChI=1S/C39H55N5O8S/c1-8-26-22-39(26,35(46)43-53(48,49)29-12-11-13-29)42-24(2)31-21-28(51-33-30-15-14-27(50-7)20-25(30)16-19-40-33)23-44(31)34(45)32(37(3,4)5)41-36(47)52-38(6)17-9-10-18-38/h8,14-16,19-20,24,26,28-29,31-32,42H,1,9-13,17-18,21-23H2,2-7H3,(H,41,47)(H,43,46)/t24?,26-,28?,31+,32-,39-/m1/s1. The first-order valence-electron chi connectivity index (χ1n) is 18.8. The Balaban J connectivity index is 1.27. The van der Waals surface area contributed by atoms with Gasteiger partial charge in [-0.05, 0) is 93.9 Å². The summed E-state index contributed by atoms with van der Waals surface area (Å²) in [6.45, 7) is 13.6. The van der Waals surface area contributed by atoms with E-state index in [0.717, 1.165) is 42.9 Å². The lowest BCUT2D eigenvalue weighted by Crippen LogP contribution is -2.61. The third-order valence-corrected chi connectivity index (χ3v) is 13.5. The van der Waals surface area contributed by atoms with Gasteiger partial charge in [-0.25, -0.2) is 18.2 Å². The number of sulfonamides is 1. The molecule has 1 aromatic carbocycles. The van der Waals surface area contributed by atoms with Crippen molar-refractivity contribution < 1.29 is 37.0 Å². The first-order valence-corrected chi connectivity index (χ1v) is 20.4. The summed E-state index contributed by atoms with van der Waals surface area (Å²) in [5.74, 6) is -0.115. The third-order valence-electron chi connectivity index (χ3n) is 11.7. The van der Waals surface area contributed by atoms with Gasteiger partial charge >= 0.3 is 6.09 Å². The van der Waals surface area contributed by atoms with Crippen LogP contribution in [0.4, 0.5) is 4.79 Å². The molecule has 14 heteroatoms. The van der Waals surface area contributed by atoms with E-state index in [9.17, 15) is 22.8 Å². The fourth-order valence-electron chi connectivity index (χ4n) is 8.11. The molecule has 0 spiro atoms. The van der Waals surface area contributed by atoms with Crippen LogP contribution in [0.2, 0.25) is 0 Å². The Morgan fingerprint density at radius 1 is 1.11 bits per heavy atom. The van der Waals surface area contributed by atoms with E-state index in [0.29, 0.717) is 37.3 Å². The van der Waals surface area contributed by atoms with Crippen molar-refractivity contribution in [3.63, 3.8) is 0 Å². The van der Waals surface area contributed by atoms with Crippen LogP contribution in [0.1, 0.15) is 92.4 Å². The molecule has 3 N–H and O–H groups in total. The van der Waals surface area contributed by atoms with E-state index in [4.69, 9.17) is 14.2 Å². The first kappa shape index (κ1) is 38.8. The number of hydrogen-bond donors (Lipinski definition) is 3. The van der Waals surface area contributed by atoms with E-state index in [2.05, 4.69) is 26.9 Å². The number of nitrogens with one attached hydrogen (secondary N) is 3. The molecule has 3 amide bonds. The number of nitrogens with zero attached hydrogens (tertiary/aromatic N) is 2. The average Bonchev–Trinajstić information content (AvgIpc) is 3.35. The summed E-state index contributed by atoms with van der Waals surface area (Å²) >= 11 is 0. The molecule has 290 valence electrons. The highest BCUT2D eigenvalue weighted by molar-refractivity contribution is 7.90. The summed E-state index contributed by atoms with van der Waals surface area (Å²) in [7, 11) is -2.22. The number of carbonyl (C=O) groups is 3. The van der Waals surface area contributed by atoms with E-state index < -0.39 is 68.1 Å². The monoisotopic (exact) mass is 753 g/mol. The van der Waals surface area contributed by atoms with Crippen LogP contribution in [0.3, 0.4) is 0 Å². The molecule has 2 heterocycles. The number of benzene rings is 1. The topological polar surface area (TPSA) is 165 Å². The maximum absolute atomic E-state index is 14.7. The van der Waals surface area contributed by atoms with Crippen LogP contribution < -0.4 is 24.8 Å². The molecule has 1 saturated heterocycles. The van der Waals surface area contributed by atoms with E-state index in [1.807, 2.05) is 58.9 Å². The highest BCUT2D eigenvalue weighted by Crippen LogP contribution is 2.46. The highest BCUT2D eigenvalue weighted by atomic mass is 32.2. The van der Waals surface area contributed by atoms with Gasteiger partial charge < -0.3 is 24.4 Å². The largest absolute Gasteiger partial charge is 0.497 e. The molecule has 4 fully saturated rings. The number of alkyl carbamates (subject to hydrolysis) is 1. The van der Waals surface area contributed by atoms with Gasteiger partial charge in [0.15, 0.2) is 0 Å². The van der Waals surface area contributed by atoms with Crippen LogP contribution in [0.15, 0.2) is 43.1 Å². The Kier molecular flexibility index (Phi) is 10.8. The number of hydrogen-bond acceptors (Lipinski definition) is 10. The zero-order valence-electron chi connectivity index (χ0n) is 31.8. The number of rotatable bonds is 13. The molecular weight excluding hydrogens is 699 g/mol. The van der Waals surface area contributed by atoms with Crippen molar-refractivity contribution in [3.05, 3.63) is 43.1 Å². The van der Waals surface area contributed by atoms with Gasteiger partial charge in [0.1, 0.15) is 29.0 Å². The lowest BCUT2D eigenvalue weighted by molar-refractivity contribution is -0.137. The molecule has 13 nitrogen and oxygen atoms in total. The van der Waals surface area contributed by atoms with Crippen LogP contribution in [0, 0.1) is 11.3 Å². The van der Waals surface area contributed by atoms with Crippen molar-refractivity contribution in [3.8, 4) is 11.6 Å². The van der Waals surface area contributed by atoms with Crippen LogP contribution >= 0.6 is 0 Å². The molecule has 4 aliphatic rings. The fraction of sp³-hybridized carbons (Fsp3) is 0.641. The number of amides is 3. The molecule has 3 saturated carbocycles. The van der Waals surface area contributed by atoms with Gasteiger partial charge in [-0.3, -0.25) is 19.6 Å². The van der Waals surface area contributed by atoms with Crippen molar-refractivity contribution in [2.75, 3.05) is 13.7 Å². The van der Waals surface area contributed by atoms with Gasteiger partial charge in [0.05, 0.1) is 24.9 Å². The van der Waals surface area contributed by atoms with Crippen LogP contribution in [-0.4, -0.2) is 90.5 Å². The molecule has 2 aromatic rings. The lowest BCUT2D eigenvalue weighted by Gasteiger charge is -2.38. The number of pyridine rings is 1. The van der Waals surface area contributed by atoms with Gasteiger partial charge in [-0.15, -0.1) is 6.58 Å². The minimum absolute atomic E-state index is 0.185. The van der Waals surface area contributed by atoms with Crippen molar-refractivity contribution in [2.45, 2.75) is 133 Å². The number of carbonyl (C=O) groups excluding carboxylic acids is 3. The van der Waals surface area contributed by atoms with Crippen molar-refractivity contribution in [1.29, 1.82) is 0 Å². The fourth-order valence-corrected chi connectivity index (χ4v) is 9.67. The SMILES string of the molecule is C=C[C@@H]1C[C@]1(NC(C)[C@@H]1CC(Oc2nccc3cc(OC)ccc23)CN1C(=O)[C@@H](NC(=O)OC1(C)CCCC1)C(C)(C)C)C(=O)NS(=O)(=O)C1CCC1. The van der Waals surface area contributed by atoms with Gasteiger partial charge in [0.25, 0.3) is 5.91 Å². The minimum atomic E-state index is -3.82. The molecule has 3 aliphatic carbocycles. The Morgan fingerprint density at radius 2 is 1.83 bits per heavy atom. The van der Waals surface area contributed by atoms with E-state index >= 15 is 0 Å². The summed E-state index contributed by atoms with van der Waals surface area (Å²) in [6.07, 6.45) is 8.30. The zero-order valence-corrected chi connectivity index (χ0v) is 32.6. The van der Waals surface area contributed by atoms with Gasteiger partial charge in [0, 0.05) is 30.0 Å². The van der Waals surface area contributed by atoms with E-state index in [1.165, 1.54) is 0 Å². The maximum atomic E-state index is 14.7. The van der Waals surface area contributed by atoms with Crippen LogP contribution in [-0.2, 0) is 24.3 Å². The average molecular weight is 754 g/mol. The molecular formula is C39H55N5O8S. The number of methoxy groups -OCH3 is 1. The Labute approximate surface area is 313 Å². The second kappa shape index (κ2) is 14.7. The molecule has 53 heavy (non-hydrogen) atoms.